The van der Waals surface area contributed by atoms with E-state index in [1.165, 1.54) is 0 Å². The number of hydrogen-bond acceptors (Lipinski definition) is 4. The first-order valence-electron chi connectivity index (χ1n) is 7.36. The van der Waals surface area contributed by atoms with Crippen molar-refractivity contribution in [3.05, 3.63) is 24.3 Å². The molecule has 0 saturated carbocycles. The number of rotatable bonds is 10. The van der Waals surface area contributed by atoms with Gasteiger partial charge in [-0.15, -0.1) is 0 Å². The lowest BCUT2D eigenvalue weighted by molar-refractivity contribution is -0.144. The van der Waals surface area contributed by atoms with Crippen LogP contribution in [0.1, 0.15) is 33.6 Å². The fraction of sp³-hybridized carbons (Fsp3) is 0.562. The summed E-state index contributed by atoms with van der Waals surface area (Å²) < 4.78 is 11.0. The Bertz CT molecular complexity index is 432. The average Bonchev–Trinajstić information content (AvgIpc) is 2.46. The van der Waals surface area contributed by atoms with Crippen molar-refractivity contribution in [3.8, 4) is 11.5 Å². The molecule has 1 aromatic rings. The molecule has 0 amide bonds. The molecule has 1 rings (SSSR count). The quantitative estimate of drug-likeness (QED) is 0.650. The van der Waals surface area contributed by atoms with Gasteiger partial charge in [0.15, 0.2) is 0 Å². The zero-order chi connectivity index (χ0) is 15.7. The molecule has 0 radical (unpaired) electrons. The fourth-order valence-electron chi connectivity index (χ4n) is 2.08. The lowest BCUT2D eigenvalue weighted by atomic mass is 9.96. The molecule has 1 unspecified atom stereocenters. The van der Waals surface area contributed by atoms with Crippen LogP contribution in [0, 0.1) is 0 Å². The molecule has 0 saturated heterocycles. The maximum atomic E-state index is 11.3. The van der Waals surface area contributed by atoms with Crippen LogP contribution < -0.4 is 14.8 Å². The van der Waals surface area contributed by atoms with E-state index < -0.39 is 11.5 Å². The second-order valence-corrected chi connectivity index (χ2v) is 5.02. The smallest absolute Gasteiger partial charge is 0.323 e. The van der Waals surface area contributed by atoms with Gasteiger partial charge < -0.3 is 19.9 Å². The summed E-state index contributed by atoms with van der Waals surface area (Å²) in [5, 5.41) is 12.3. The van der Waals surface area contributed by atoms with Crippen molar-refractivity contribution >= 4 is 5.97 Å². The number of nitrogens with one attached hydrogen (secondary N) is 1. The van der Waals surface area contributed by atoms with Crippen LogP contribution >= 0.6 is 0 Å². The van der Waals surface area contributed by atoms with Gasteiger partial charge in [-0.2, -0.15) is 0 Å². The number of benzene rings is 1. The molecule has 0 aliphatic carbocycles. The number of ether oxygens (including phenoxy) is 2. The monoisotopic (exact) mass is 295 g/mol. The number of carbonyl (C=O) groups is 1. The maximum absolute atomic E-state index is 11.3. The van der Waals surface area contributed by atoms with Crippen molar-refractivity contribution in [2.45, 2.75) is 39.2 Å². The number of carboxylic acid groups (broad SMARTS) is 1. The first kappa shape index (κ1) is 17.3. The molecule has 1 aromatic carbocycles. The Morgan fingerprint density at radius 3 is 2.24 bits per heavy atom. The van der Waals surface area contributed by atoms with Gasteiger partial charge in [0, 0.05) is 0 Å². The van der Waals surface area contributed by atoms with E-state index in [9.17, 15) is 9.90 Å². The topological polar surface area (TPSA) is 67.8 Å². The van der Waals surface area contributed by atoms with Crippen LogP contribution in [-0.4, -0.2) is 36.4 Å². The Kier molecular flexibility index (Phi) is 7.02. The SMILES string of the molecule is CCNC(C)(CCCOc1ccc(OCC)cc1)C(=O)O. The molecule has 1 atom stereocenters. The number of carboxylic acids is 1. The van der Waals surface area contributed by atoms with Crippen LogP contribution in [-0.2, 0) is 4.79 Å². The van der Waals surface area contributed by atoms with Gasteiger partial charge in [-0.3, -0.25) is 4.79 Å². The molecule has 0 bridgehead atoms. The molecular weight excluding hydrogens is 270 g/mol. The molecule has 21 heavy (non-hydrogen) atoms. The predicted molar refractivity (Wildman–Crippen MR) is 82.1 cm³/mol. The highest BCUT2D eigenvalue weighted by atomic mass is 16.5. The minimum absolute atomic E-state index is 0.488. The number of aliphatic carboxylic acids is 1. The van der Waals surface area contributed by atoms with E-state index in [0.717, 1.165) is 11.5 Å². The summed E-state index contributed by atoms with van der Waals surface area (Å²) in [6.07, 6.45) is 1.19. The average molecular weight is 295 g/mol. The van der Waals surface area contributed by atoms with E-state index >= 15 is 0 Å². The van der Waals surface area contributed by atoms with Gasteiger partial charge in [-0.05, 0) is 57.5 Å². The Balaban J connectivity index is 2.37. The Morgan fingerprint density at radius 2 is 1.76 bits per heavy atom. The largest absolute Gasteiger partial charge is 0.494 e. The molecule has 0 aromatic heterocycles. The van der Waals surface area contributed by atoms with Gasteiger partial charge in [0.2, 0.25) is 0 Å². The predicted octanol–water partition coefficient (Wildman–Crippen LogP) is 2.70. The number of likely N-dealkylation sites (N-methyl/N-ethyl adjacent to an activating group) is 1. The van der Waals surface area contributed by atoms with Crippen molar-refractivity contribution in [2.75, 3.05) is 19.8 Å². The van der Waals surface area contributed by atoms with Crippen molar-refractivity contribution in [3.63, 3.8) is 0 Å². The van der Waals surface area contributed by atoms with Crippen molar-refractivity contribution in [2.24, 2.45) is 0 Å². The van der Waals surface area contributed by atoms with Crippen molar-refractivity contribution in [1.29, 1.82) is 0 Å². The minimum atomic E-state index is -0.892. The lowest BCUT2D eigenvalue weighted by Gasteiger charge is -2.25. The van der Waals surface area contributed by atoms with E-state index in [1.807, 2.05) is 38.1 Å². The van der Waals surface area contributed by atoms with Crippen molar-refractivity contribution in [1.82, 2.24) is 5.32 Å². The van der Waals surface area contributed by atoms with Gasteiger partial charge >= 0.3 is 5.97 Å². The van der Waals surface area contributed by atoms with Crippen LogP contribution in [0.2, 0.25) is 0 Å². The van der Waals surface area contributed by atoms with Gasteiger partial charge in [-0.25, -0.2) is 0 Å². The first-order valence-corrected chi connectivity index (χ1v) is 7.36. The highest BCUT2D eigenvalue weighted by molar-refractivity contribution is 5.78. The van der Waals surface area contributed by atoms with Gasteiger partial charge in [-0.1, -0.05) is 6.92 Å². The molecular formula is C16H25NO4. The third kappa shape index (κ3) is 5.63. The summed E-state index contributed by atoms with van der Waals surface area (Å²) in [6, 6.07) is 7.43. The Morgan fingerprint density at radius 1 is 1.19 bits per heavy atom. The molecule has 0 aliphatic heterocycles. The van der Waals surface area contributed by atoms with Gasteiger partial charge in [0.1, 0.15) is 17.0 Å². The van der Waals surface area contributed by atoms with Gasteiger partial charge in [0.05, 0.1) is 13.2 Å². The normalized spacial score (nSPS) is 13.5. The van der Waals surface area contributed by atoms with E-state index in [0.29, 0.717) is 32.6 Å². The highest BCUT2D eigenvalue weighted by Gasteiger charge is 2.31. The zero-order valence-corrected chi connectivity index (χ0v) is 13.0. The van der Waals surface area contributed by atoms with E-state index in [1.54, 1.807) is 6.92 Å². The van der Waals surface area contributed by atoms with Crippen LogP contribution in [0.5, 0.6) is 11.5 Å². The summed E-state index contributed by atoms with van der Waals surface area (Å²) in [7, 11) is 0. The second-order valence-electron chi connectivity index (χ2n) is 5.02. The van der Waals surface area contributed by atoms with Crippen LogP contribution in [0.25, 0.3) is 0 Å². The Hall–Kier alpha value is -1.75. The molecule has 2 N–H and O–H groups in total. The maximum Gasteiger partial charge on any atom is 0.323 e. The zero-order valence-electron chi connectivity index (χ0n) is 13.0. The first-order chi connectivity index (χ1) is 10.0. The van der Waals surface area contributed by atoms with Crippen LogP contribution in [0.3, 0.4) is 0 Å². The highest BCUT2D eigenvalue weighted by Crippen LogP contribution is 2.18. The molecule has 0 spiro atoms. The molecule has 118 valence electrons. The summed E-state index contributed by atoms with van der Waals surface area (Å²) in [5.41, 5.74) is -0.892. The van der Waals surface area contributed by atoms with Gasteiger partial charge in [0.25, 0.3) is 0 Å². The molecule has 5 heteroatoms. The van der Waals surface area contributed by atoms with E-state index in [2.05, 4.69) is 5.32 Å². The molecule has 0 aliphatic rings. The minimum Gasteiger partial charge on any atom is -0.494 e. The Labute approximate surface area is 126 Å². The summed E-state index contributed by atoms with van der Waals surface area (Å²) in [5.74, 6) is 0.750. The van der Waals surface area contributed by atoms with E-state index in [-0.39, 0.29) is 0 Å². The summed E-state index contributed by atoms with van der Waals surface area (Å²) in [4.78, 5) is 11.3. The standard InChI is InChI=1S/C16H25NO4/c1-4-17-16(3,15(18)19)11-6-12-21-14-9-7-13(8-10-14)20-5-2/h7-10,17H,4-6,11-12H2,1-3H3,(H,18,19). The molecule has 5 nitrogen and oxygen atoms in total. The summed E-state index contributed by atoms with van der Waals surface area (Å²) >= 11 is 0. The van der Waals surface area contributed by atoms with Crippen LogP contribution in [0.4, 0.5) is 0 Å². The second kappa shape index (κ2) is 8.52. The third-order valence-electron chi connectivity index (χ3n) is 3.26. The van der Waals surface area contributed by atoms with Crippen molar-refractivity contribution < 1.29 is 19.4 Å². The molecule has 0 heterocycles. The fourth-order valence-corrected chi connectivity index (χ4v) is 2.08. The van der Waals surface area contributed by atoms with E-state index in [4.69, 9.17) is 9.47 Å². The molecule has 0 fully saturated rings. The van der Waals surface area contributed by atoms with Crippen LogP contribution in [0.15, 0.2) is 24.3 Å². The summed E-state index contributed by atoms with van der Waals surface area (Å²) in [6.45, 7) is 7.30. The third-order valence-corrected chi connectivity index (χ3v) is 3.26. The number of hydrogen-bond donors (Lipinski definition) is 2. The lowest BCUT2D eigenvalue weighted by Crippen LogP contribution is -2.49.